The Balaban J connectivity index is 1.68. The molecule has 28 heavy (non-hydrogen) atoms. The lowest BCUT2D eigenvalue weighted by molar-refractivity contribution is -0.128. The molecule has 0 bridgehead atoms. The number of nitrogens with zero attached hydrogens (tertiary/aromatic N) is 2. The zero-order valence-electron chi connectivity index (χ0n) is 14.8. The number of amides is 1. The fourth-order valence-corrected chi connectivity index (χ4v) is 3.13. The van der Waals surface area contributed by atoms with E-state index in [1.807, 2.05) is 37.3 Å². The smallest absolute Gasteiger partial charge is 0.281 e. The largest absolute Gasteiger partial charge is 0.479 e. The molecule has 0 aliphatic carbocycles. The number of carbonyl (C=O) groups excluding carboxylic acids is 1. The summed E-state index contributed by atoms with van der Waals surface area (Å²) in [5.41, 5.74) is 3.84. The van der Waals surface area contributed by atoms with E-state index >= 15 is 0 Å². The molecule has 8 heteroatoms. The summed E-state index contributed by atoms with van der Waals surface area (Å²) in [7, 11) is 0. The van der Waals surface area contributed by atoms with Gasteiger partial charge in [-0.2, -0.15) is 5.10 Å². The van der Waals surface area contributed by atoms with Gasteiger partial charge in [-0.3, -0.25) is 4.79 Å². The normalized spacial score (nSPS) is 12.3. The molecule has 2 aromatic carbocycles. The van der Waals surface area contributed by atoms with Crippen LogP contribution in [-0.4, -0.2) is 23.2 Å². The van der Waals surface area contributed by atoms with Crippen molar-refractivity contribution in [3.8, 4) is 5.75 Å². The highest BCUT2D eigenvalue weighted by atomic mass is 35.5. The minimum absolute atomic E-state index is 0.299. The number of ether oxygens (including phenoxy) is 1. The van der Waals surface area contributed by atoms with Crippen LogP contribution in [0.25, 0.3) is 10.9 Å². The Morgan fingerprint density at radius 3 is 2.75 bits per heavy atom. The molecule has 1 heterocycles. The lowest BCUT2D eigenvalue weighted by Crippen LogP contribution is -2.35. The average molecular weight is 437 g/mol. The van der Waals surface area contributed by atoms with E-state index in [1.165, 1.54) is 6.21 Å². The number of aromatic nitrogens is 1. The van der Waals surface area contributed by atoms with Crippen LogP contribution in [0.15, 0.2) is 53.6 Å². The van der Waals surface area contributed by atoms with Crippen molar-refractivity contribution in [2.75, 3.05) is 0 Å². The van der Waals surface area contributed by atoms with Crippen LogP contribution in [0.5, 0.6) is 5.75 Å². The van der Waals surface area contributed by atoms with Crippen molar-refractivity contribution >= 4 is 57.8 Å². The van der Waals surface area contributed by atoms with Crippen molar-refractivity contribution in [3.63, 3.8) is 0 Å². The van der Waals surface area contributed by atoms with Gasteiger partial charge in [0.1, 0.15) is 10.9 Å². The van der Waals surface area contributed by atoms with Crippen molar-refractivity contribution in [2.45, 2.75) is 19.4 Å². The highest BCUT2D eigenvalue weighted by molar-refractivity contribution is 6.35. The number of benzene rings is 2. The zero-order chi connectivity index (χ0) is 20.1. The molecule has 1 N–H and O–H groups in total. The Bertz CT molecular complexity index is 1040. The molecule has 1 atom stereocenters. The van der Waals surface area contributed by atoms with Gasteiger partial charge in [-0.1, -0.05) is 59.9 Å². The minimum Gasteiger partial charge on any atom is -0.479 e. The van der Waals surface area contributed by atoms with Gasteiger partial charge in [0.25, 0.3) is 5.91 Å². The molecule has 3 rings (SSSR count). The summed E-state index contributed by atoms with van der Waals surface area (Å²) in [4.78, 5) is 16.7. The molecule has 0 saturated carbocycles. The number of halogens is 3. The maximum absolute atomic E-state index is 12.4. The molecule has 5 nitrogen and oxygen atoms in total. The third-order valence-corrected chi connectivity index (χ3v) is 4.74. The minimum atomic E-state index is -0.763. The van der Waals surface area contributed by atoms with E-state index < -0.39 is 12.0 Å². The maximum Gasteiger partial charge on any atom is 0.281 e. The first-order valence-electron chi connectivity index (χ1n) is 8.48. The van der Waals surface area contributed by atoms with Crippen LogP contribution in [0.3, 0.4) is 0 Å². The van der Waals surface area contributed by atoms with Crippen molar-refractivity contribution in [2.24, 2.45) is 5.10 Å². The second-order valence-corrected chi connectivity index (χ2v) is 7.09. The summed E-state index contributed by atoms with van der Waals surface area (Å²) in [6.07, 6.45) is 1.11. The van der Waals surface area contributed by atoms with Gasteiger partial charge < -0.3 is 4.74 Å². The zero-order valence-corrected chi connectivity index (χ0v) is 17.1. The van der Waals surface area contributed by atoms with E-state index in [0.29, 0.717) is 32.9 Å². The summed E-state index contributed by atoms with van der Waals surface area (Å²) in [6, 6.07) is 14.2. The van der Waals surface area contributed by atoms with E-state index in [2.05, 4.69) is 15.5 Å². The number of carbonyl (C=O) groups is 1. The van der Waals surface area contributed by atoms with E-state index in [4.69, 9.17) is 39.5 Å². The summed E-state index contributed by atoms with van der Waals surface area (Å²) >= 11 is 18.1. The number of hydrazone groups is 1. The standard InChI is InChI=1S/C20H16Cl3N3O2/c1-2-17(28-18-8-7-14(21)10-15(18)22)20(27)26-24-11-13-9-12-5-3-4-6-16(12)25-19(13)23/h3-11,17H,2H2,1H3,(H,26,27)/b24-11+. The highest BCUT2D eigenvalue weighted by Gasteiger charge is 2.19. The molecule has 0 spiro atoms. The van der Waals surface area contributed by atoms with Crippen LogP contribution in [0.4, 0.5) is 0 Å². The first-order chi connectivity index (χ1) is 13.5. The predicted molar refractivity (Wildman–Crippen MR) is 114 cm³/mol. The van der Waals surface area contributed by atoms with E-state index in [1.54, 1.807) is 18.2 Å². The Kier molecular flexibility index (Phi) is 6.73. The number of hydrogen-bond acceptors (Lipinski definition) is 4. The lowest BCUT2D eigenvalue weighted by atomic mass is 10.2. The van der Waals surface area contributed by atoms with Crippen molar-refractivity contribution < 1.29 is 9.53 Å². The Labute approximate surface area is 177 Å². The van der Waals surface area contributed by atoms with Crippen molar-refractivity contribution in [3.05, 3.63) is 69.3 Å². The van der Waals surface area contributed by atoms with Gasteiger partial charge in [-0.25, -0.2) is 10.4 Å². The Hall–Kier alpha value is -2.34. The molecule has 144 valence electrons. The third-order valence-electron chi connectivity index (χ3n) is 3.91. The van der Waals surface area contributed by atoms with Crippen LogP contribution in [0.2, 0.25) is 15.2 Å². The van der Waals surface area contributed by atoms with Gasteiger partial charge >= 0.3 is 0 Å². The number of hydrogen-bond donors (Lipinski definition) is 1. The van der Waals surface area contributed by atoms with Crippen LogP contribution in [0, 0.1) is 0 Å². The lowest BCUT2D eigenvalue weighted by Gasteiger charge is -2.16. The number of para-hydroxylation sites is 1. The average Bonchev–Trinajstić information content (AvgIpc) is 2.67. The SMILES string of the molecule is CCC(Oc1ccc(Cl)cc1Cl)C(=O)N/N=C/c1cc2ccccc2nc1Cl. The van der Waals surface area contributed by atoms with Gasteiger partial charge in [0.15, 0.2) is 6.10 Å². The summed E-state index contributed by atoms with van der Waals surface area (Å²) in [5.74, 6) is -0.0338. The molecule has 3 aromatic rings. The highest BCUT2D eigenvalue weighted by Crippen LogP contribution is 2.28. The summed E-state index contributed by atoms with van der Waals surface area (Å²) < 4.78 is 5.68. The molecule has 0 fully saturated rings. The molecule has 0 saturated heterocycles. The summed E-state index contributed by atoms with van der Waals surface area (Å²) in [6.45, 7) is 1.82. The van der Waals surface area contributed by atoms with E-state index in [9.17, 15) is 4.79 Å². The number of fused-ring (bicyclic) bond motifs is 1. The van der Waals surface area contributed by atoms with Crippen molar-refractivity contribution in [1.29, 1.82) is 0 Å². The Morgan fingerprint density at radius 2 is 2.00 bits per heavy atom. The van der Waals surface area contributed by atoms with Crippen LogP contribution < -0.4 is 10.2 Å². The van der Waals surface area contributed by atoms with E-state index in [-0.39, 0.29) is 0 Å². The number of nitrogens with one attached hydrogen (secondary N) is 1. The van der Waals surface area contributed by atoms with E-state index in [0.717, 1.165) is 10.9 Å². The monoisotopic (exact) mass is 435 g/mol. The molecule has 0 radical (unpaired) electrons. The van der Waals surface area contributed by atoms with Gasteiger partial charge in [0, 0.05) is 16.0 Å². The van der Waals surface area contributed by atoms with Gasteiger partial charge in [0.05, 0.1) is 16.8 Å². The van der Waals surface area contributed by atoms with Gasteiger partial charge in [-0.15, -0.1) is 0 Å². The quantitative estimate of drug-likeness (QED) is 0.315. The van der Waals surface area contributed by atoms with Crippen LogP contribution in [-0.2, 0) is 4.79 Å². The van der Waals surface area contributed by atoms with Crippen LogP contribution in [0.1, 0.15) is 18.9 Å². The number of pyridine rings is 1. The van der Waals surface area contributed by atoms with Gasteiger partial charge in [0.2, 0.25) is 0 Å². The fourth-order valence-electron chi connectivity index (χ4n) is 2.48. The first kappa shape index (κ1) is 20.4. The molecule has 0 aliphatic rings. The molecule has 0 aliphatic heterocycles. The predicted octanol–water partition coefficient (Wildman–Crippen LogP) is 5.50. The van der Waals surface area contributed by atoms with Crippen molar-refractivity contribution in [1.82, 2.24) is 10.4 Å². The van der Waals surface area contributed by atoms with Crippen LogP contribution >= 0.6 is 34.8 Å². The molecule has 1 amide bonds. The topological polar surface area (TPSA) is 63.6 Å². The molecule has 1 unspecified atom stereocenters. The molecular formula is C20H16Cl3N3O2. The fraction of sp³-hybridized carbons (Fsp3) is 0.150. The number of rotatable bonds is 6. The molecular weight excluding hydrogens is 421 g/mol. The third kappa shape index (κ3) is 4.93. The van der Waals surface area contributed by atoms with Gasteiger partial charge in [-0.05, 0) is 36.8 Å². The summed E-state index contributed by atoms with van der Waals surface area (Å²) in [5, 5.41) is 6.01. The first-order valence-corrected chi connectivity index (χ1v) is 9.61. The molecule has 1 aromatic heterocycles. The Morgan fingerprint density at radius 1 is 1.21 bits per heavy atom. The second-order valence-electron chi connectivity index (χ2n) is 5.88. The second kappa shape index (κ2) is 9.24. The maximum atomic E-state index is 12.4.